The van der Waals surface area contributed by atoms with Crippen LogP contribution in [-0.2, 0) is 10.0 Å². The summed E-state index contributed by atoms with van der Waals surface area (Å²) in [6.45, 7) is 3.70. The van der Waals surface area contributed by atoms with Crippen molar-refractivity contribution in [3.8, 4) is 0 Å². The lowest BCUT2D eigenvalue weighted by molar-refractivity contribution is 0.301. The third-order valence-corrected chi connectivity index (χ3v) is 6.23. The van der Waals surface area contributed by atoms with Gasteiger partial charge in [-0.1, -0.05) is 0 Å². The Balaban J connectivity index is 1.89. The minimum atomic E-state index is -3.13. The van der Waals surface area contributed by atoms with E-state index in [2.05, 4.69) is 10.2 Å². The smallest absolute Gasteiger partial charge is 0.218 e. The molecule has 1 aliphatic heterocycles. The summed E-state index contributed by atoms with van der Waals surface area (Å²) < 4.78 is 26.5. The molecular weight excluding hydrogens is 250 g/mol. The van der Waals surface area contributed by atoms with Gasteiger partial charge in [0.2, 0.25) is 10.0 Å². The third kappa shape index (κ3) is 3.23. The van der Waals surface area contributed by atoms with Crippen LogP contribution in [0.4, 0.5) is 0 Å². The highest BCUT2D eigenvalue weighted by Crippen LogP contribution is 2.21. The molecule has 0 amide bonds. The minimum Gasteiger partial charge on any atom is -0.313 e. The Labute approximate surface area is 111 Å². The average Bonchev–Trinajstić information content (AvgIpc) is 2.98. The number of likely N-dealkylation sites (N-methyl/N-ethyl adjacent to an activating group) is 1. The molecule has 5 nitrogen and oxygen atoms in total. The molecule has 2 fully saturated rings. The monoisotopic (exact) mass is 275 g/mol. The minimum absolute atomic E-state index is 0.320. The fraction of sp³-hybridized carbons (Fsp3) is 1.00. The Morgan fingerprint density at radius 2 is 2.00 bits per heavy atom. The lowest BCUT2D eigenvalue weighted by Crippen LogP contribution is -2.42. The number of hydrogen-bond donors (Lipinski definition) is 1. The van der Waals surface area contributed by atoms with Gasteiger partial charge in [0.15, 0.2) is 0 Å². The zero-order chi connectivity index (χ0) is 13.3. The van der Waals surface area contributed by atoms with Crippen molar-refractivity contribution in [1.82, 2.24) is 14.5 Å². The van der Waals surface area contributed by atoms with Gasteiger partial charge in [-0.2, -0.15) is 0 Å². The molecule has 18 heavy (non-hydrogen) atoms. The summed E-state index contributed by atoms with van der Waals surface area (Å²) >= 11 is 0. The molecule has 1 aliphatic carbocycles. The van der Waals surface area contributed by atoms with Crippen molar-refractivity contribution in [2.24, 2.45) is 0 Å². The third-order valence-electron chi connectivity index (χ3n) is 4.00. The van der Waals surface area contributed by atoms with E-state index in [0.29, 0.717) is 31.7 Å². The first-order valence-electron chi connectivity index (χ1n) is 6.80. The second-order valence-corrected chi connectivity index (χ2v) is 8.15. The van der Waals surface area contributed by atoms with E-state index in [0.717, 1.165) is 6.42 Å². The summed E-state index contributed by atoms with van der Waals surface area (Å²) in [5, 5.41) is 2.98. The Kier molecular flexibility index (Phi) is 4.31. The van der Waals surface area contributed by atoms with Crippen LogP contribution in [0.2, 0.25) is 0 Å². The first kappa shape index (κ1) is 14.2. The van der Waals surface area contributed by atoms with Crippen molar-refractivity contribution in [2.45, 2.75) is 43.5 Å². The second-order valence-electron chi connectivity index (χ2n) is 5.80. The molecule has 0 bridgehead atoms. The molecule has 2 unspecified atom stereocenters. The van der Waals surface area contributed by atoms with E-state index < -0.39 is 10.0 Å². The molecule has 0 aromatic carbocycles. The van der Waals surface area contributed by atoms with E-state index in [1.165, 1.54) is 12.8 Å². The van der Waals surface area contributed by atoms with Crippen molar-refractivity contribution in [3.05, 3.63) is 0 Å². The topological polar surface area (TPSA) is 52.7 Å². The summed E-state index contributed by atoms with van der Waals surface area (Å²) in [7, 11) is 0.897. The molecule has 0 aromatic heterocycles. The van der Waals surface area contributed by atoms with Gasteiger partial charge in [0, 0.05) is 31.7 Å². The van der Waals surface area contributed by atoms with Crippen LogP contribution in [0.1, 0.15) is 26.2 Å². The van der Waals surface area contributed by atoms with Crippen LogP contribution < -0.4 is 5.32 Å². The molecule has 2 aliphatic rings. The highest BCUT2D eigenvalue weighted by molar-refractivity contribution is 7.89. The quantitative estimate of drug-likeness (QED) is 0.746. The van der Waals surface area contributed by atoms with Gasteiger partial charge in [-0.15, -0.1) is 0 Å². The normalized spacial score (nSPS) is 27.9. The molecule has 2 rings (SSSR count). The molecule has 106 valence electrons. The highest BCUT2D eigenvalue weighted by Gasteiger charge is 2.36. The Hall–Kier alpha value is -0.170. The number of hydrogen-bond acceptors (Lipinski definition) is 4. The molecule has 1 heterocycles. The fourth-order valence-corrected chi connectivity index (χ4v) is 3.90. The van der Waals surface area contributed by atoms with Crippen LogP contribution in [0.25, 0.3) is 0 Å². The van der Waals surface area contributed by atoms with Crippen LogP contribution in [0.15, 0.2) is 0 Å². The molecule has 2 atom stereocenters. The summed E-state index contributed by atoms with van der Waals surface area (Å²) in [6.07, 6.45) is 3.33. The molecule has 0 spiro atoms. The van der Waals surface area contributed by atoms with Crippen molar-refractivity contribution in [1.29, 1.82) is 0 Å². The molecule has 1 N–H and O–H groups in total. The summed E-state index contributed by atoms with van der Waals surface area (Å²) in [5.41, 5.74) is 0. The zero-order valence-corrected chi connectivity index (χ0v) is 12.4. The van der Waals surface area contributed by atoms with E-state index in [1.807, 2.05) is 21.0 Å². The van der Waals surface area contributed by atoms with E-state index in [4.69, 9.17) is 0 Å². The maximum Gasteiger partial charge on any atom is 0.218 e. The van der Waals surface area contributed by atoms with Crippen LogP contribution in [0, 0.1) is 0 Å². The average molecular weight is 275 g/mol. The Morgan fingerprint density at radius 1 is 1.33 bits per heavy atom. The van der Waals surface area contributed by atoms with Crippen LogP contribution >= 0.6 is 0 Å². The van der Waals surface area contributed by atoms with Gasteiger partial charge in [-0.05, 0) is 40.3 Å². The van der Waals surface area contributed by atoms with Crippen LogP contribution in [0.5, 0.6) is 0 Å². The van der Waals surface area contributed by atoms with Crippen molar-refractivity contribution in [2.75, 3.05) is 33.7 Å². The molecule has 1 saturated heterocycles. The molecule has 1 saturated carbocycles. The highest BCUT2D eigenvalue weighted by atomic mass is 32.2. The maximum atomic E-state index is 12.4. The van der Waals surface area contributed by atoms with E-state index in [-0.39, 0.29) is 5.25 Å². The first-order chi connectivity index (χ1) is 8.41. The molecular formula is C12H25N3O2S. The zero-order valence-electron chi connectivity index (χ0n) is 11.6. The standard InChI is InChI=1S/C12H25N3O2S/c1-10(8-13-11-4-5-11)18(16,17)15-7-6-12(9-15)14(2)3/h10-13H,4-9H2,1-3H3. The lowest BCUT2D eigenvalue weighted by Gasteiger charge is -2.23. The Bertz CT molecular complexity index is 379. The van der Waals surface area contributed by atoms with Crippen LogP contribution in [0.3, 0.4) is 0 Å². The van der Waals surface area contributed by atoms with Gasteiger partial charge in [0.25, 0.3) is 0 Å². The summed E-state index contributed by atoms with van der Waals surface area (Å²) in [6, 6.07) is 0.930. The van der Waals surface area contributed by atoms with E-state index in [1.54, 1.807) is 4.31 Å². The van der Waals surface area contributed by atoms with Gasteiger partial charge in [-0.25, -0.2) is 12.7 Å². The fourth-order valence-electron chi connectivity index (χ4n) is 2.34. The van der Waals surface area contributed by atoms with E-state index in [9.17, 15) is 8.42 Å². The largest absolute Gasteiger partial charge is 0.313 e. The van der Waals surface area contributed by atoms with Gasteiger partial charge in [0.1, 0.15) is 0 Å². The van der Waals surface area contributed by atoms with Crippen LogP contribution in [-0.4, -0.2) is 68.7 Å². The van der Waals surface area contributed by atoms with Gasteiger partial charge in [0.05, 0.1) is 5.25 Å². The number of rotatable bonds is 6. The number of nitrogens with one attached hydrogen (secondary N) is 1. The van der Waals surface area contributed by atoms with Gasteiger partial charge in [-0.3, -0.25) is 0 Å². The first-order valence-corrected chi connectivity index (χ1v) is 8.30. The predicted molar refractivity (Wildman–Crippen MR) is 73.1 cm³/mol. The van der Waals surface area contributed by atoms with Crippen molar-refractivity contribution < 1.29 is 8.42 Å². The van der Waals surface area contributed by atoms with Crippen molar-refractivity contribution >= 4 is 10.0 Å². The summed E-state index contributed by atoms with van der Waals surface area (Å²) in [4.78, 5) is 2.11. The number of sulfonamides is 1. The lowest BCUT2D eigenvalue weighted by atomic mass is 10.2. The van der Waals surface area contributed by atoms with E-state index >= 15 is 0 Å². The maximum absolute atomic E-state index is 12.4. The number of nitrogens with zero attached hydrogens (tertiary/aromatic N) is 2. The second kappa shape index (κ2) is 5.45. The molecule has 0 radical (unpaired) electrons. The SMILES string of the molecule is CC(CNC1CC1)S(=O)(=O)N1CCC(N(C)C)C1. The van der Waals surface area contributed by atoms with Gasteiger partial charge < -0.3 is 10.2 Å². The summed E-state index contributed by atoms with van der Waals surface area (Å²) in [5.74, 6) is 0. The molecule has 0 aromatic rings. The Morgan fingerprint density at radius 3 is 2.50 bits per heavy atom. The van der Waals surface area contributed by atoms with Gasteiger partial charge >= 0.3 is 0 Å². The molecule has 6 heteroatoms. The van der Waals surface area contributed by atoms with Crippen molar-refractivity contribution in [3.63, 3.8) is 0 Å². The predicted octanol–water partition coefficient (Wildman–Crippen LogP) is 0.0926.